The van der Waals surface area contributed by atoms with Crippen LogP contribution in [-0.4, -0.2) is 46.1 Å². The molecular formula is C27H38N4O4. The van der Waals surface area contributed by atoms with E-state index in [9.17, 15) is 19.2 Å². The maximum absolute atomic E-state index is 13.3. The van der Waals surface area contributed by atoms with Crippen LogP contribution in [0.15, 0.2) is 61.0 Å². The van der Waals surface area contributed by atoms with E-state index in [0.29, 0.717) is 12.0 Å². The van der Waals surface area contributed by atoms with Crippen molar-refractivity contribution in [2.75, 3.05) is 0 Å². The Balaban J connectivity index is 3.18. The summed E-state index contributed by atoms with van der Waals surface area (Å²) in [5, 5.41) is 8.09. The molecule has 1 aromatic rings. The minimum Gasteiger partial charge on any atom is -0.345 e. The first-order chi connectivity index (χ1) is 16.4. The Morgan fingerprint density at radius 1 is 1.11 bits per heavy atom. The Bertz CT molecular complexity index is 959. The molecule has 2 atom stereocenters. The van der Waals surface area contributed by atoms with E-state index in [1.807, 2.05) is 13.8 Å². The lowest BCUT2D eigenvalue weighted by Gasteiger charge is -2.25. The number of hydrogen-bond acceptors (Lipinski definition) is 5. The largest absolute Gasteiger partial charge is 0.345 e. The number of Topliss-reactive ketones (excluding diaryl/α,β-unsaturated/α-hetero) is 1. The summed E-state index contributed by atoms with van der Waals surface area (Å²) in [5.41, 5.74) is 0.439. The number of carbonyl (C=O) groups is 4. The molecule has 3 amide bonds. The quantitative estimate of drug-likeness (QED) is 0.312. The van der Waals surface area contributed by atoms with E-state index in [2.05, 4.69) is 27.5 Å². The van der Waals surface area contributed by atoms with Crippen LogP contribution in [0.4, 0.5) is 0 Å². The molecule has 2 unspecified atom stereocenters. The number of carbonyl (C=O) groups excluding carboxylic acids is 4. The molecule has 0 saturated carbocycles. The number of ketones is 1. The number of aromatic nitrogens is 1. The van der Waals surface area contributed by atoms with Crippen molar-refractivity contribution in [3.05, 3.63) is 66.5 Å². The number of amides is 3. The highest BCUT2D eigenvalue weighted by atomic mass is 16.2. The van der Waals surface area contributed by atoms with E-state index < -0.39 is 41.1 Å². The van der Waals surface area contributed by atoms with Gasteiger partial charge in [-0.1, -0.05) is 44.7 Å². The van der Waals surface area contributed by atoms with Gasteiger partial charge in [0.15, 0.2) is 0 Å². The molecule has 0 aliphatic carbocycles. The van der Waals surface area contributed by atoms with Crippen molar-refractivity contribution >= 4 is 23.5 Å². The monoisotopic (exact) mass is 482 g/mol. The topological polar surface area (TPSA) is 117 Å². The zero-order valence-electron chi connectivity index (χ0n) is 21.6. The van der Waals surface area contributed by atoms with Gasteiger partial charge in [-0.25, -0.2) is 0 Å². The van der Waals surface area contributed by atoms with Crippen molar-refractivity contribution in [2.24, 2.45) is 5.92 Å². The third-order valence-corrected chi connectivity index (χ3v) is 4.85. The van der Waals surface area contributed by atoms with Crippen LogP contribution in [0.2, 0.25) is 0 Å². The second kappa shape index (κ2) is 14.0. The Labute approximate surface area is 208 Å². The molecule has 1 aromatic heterocycles. The van der Waals surface area contributed by atoms with Crippen molar-refractivity contribution in [1.82, 2.24) is 20.9 Å². The molecule has 0 aliphatic heterocycles. The average molecular weight is 483 g/mol. The molecule has 190 valence electrons. The van der Waals surface area contributed by atoms with Gasteiger partial charge in [0.2, 0.25) is 11.7 Å². The third kappa shape index (κ3) is 10.9. The summed E-state index contributed by atoms with van der Waals surface area (Å²) >= 11 is 0. The third-order valence-electron chi connectivity index (χ3n) is 4.85. The zero-order valence-corrected chi connectivity index (χ0v) is 21.6. The minimum absolute atomic E-state index is 0.0833. The minimum atomic E-state index is -1.12. The lowest BCUT2D eigenvalue weighted by atomic mass is 9.98. The number of pyridine rings is 1. The van der Waals surface area contributed by atoms with Crippen LogP contribution in [-0.2, 0) is 14.4 Å². The molecule has 0 radical (unpaired) electrons. The highest BCUT2D eigenvalue weighted by Gasteiger charge is 2.32. The standard InChI is InChI=1S/C27H38N4O4/c1-8-10-12-19(9-2)16-21(23(32)26(35)31-27(5,6)7)29-25(34)22(15-18(3)4)30-24(33)20-13-11-14-28-17-20/h8-14,17-18,21-22H,1,15-16H2,2-7H3,(H,29,34)(H,30,33)(H,31,35)/b12-10-,19-9+. The summed E-state index contributed by atoms with van der Waals surface area (Å²) in [6.07, 6.45) is 10.3. The fourth-order valence-electron chi connectivity index (χ4n) is 3.19. The lowest BCUT2D eigenvalue weighted by Crippen LogP contribution is -2.55. The van der Waals surface area contributed by atoms with Gasteiger partial charge in [0.25, 0.3) is 11.8 Å². The smallest absolute Gasteiger partial charge is 0.290 e. The van der Waals surface area contributed by atoms with Crippen molar-refractivity contribution in [1.29, 1.82) is 0 Å². The second-order valence-electron chi connectivity index (χ2n) is 9.69. The lowest BCUT2D eigenvalue weighted by molar-refractivity contribution is -0.141. The maximum atomic E-state index is 13.3. The van der Waals surface area contributed by atoms with E-state index in [0.717, 1.165) is 5.57 Å². The average Bonchev–Trinajstić information content (AvgIpc) is 2.79. The Morgan fingerprint density at radius 3 is 2.31 bits per heavy atom. The van der Waals surface area contributed by atoms with Crippen LogP contribution in [0, 0.1) is 5.92 Å². The molecule has 0 aromatic carbocycles. The van der Waals surface area contributed by atoms with E-state index in [1.165, 1.54) is 6.20 Å². The molecule has 0 aliphatic rings. The molecule has 1 rings (SSSR count). The van der Waals surface area contributed by atoms with Crippen LogP contribution in [0.3, 0.4) is 0 Å². The molecule has 1 heterocycles. The SMILES string of the molecule is C=C/C=C\C(=C/C)CC(NC(=O)C(CC(C)C)NC(=O)c1cccnc1)C(=O)C(=O)NC(C)(C)C. The first-order valence-corrected chi connectivity index (χ1v) is 11.7. The number of rotatable bonds is 12. The number of allylic oxidation sites excluding steroid dienone is 4. The molecule has 0 bridgehead atoms. The van der Waals surface area contributed by atoms with E-state index in [4.69, 9.17) is 0 Å². The van der Waals surface area contributed by atoms with E-state index >= 15 is 0 Å². The molecular weight excluding hydrogens is 444 g/mol. The van der Waals surface area contributed by atoms with Gasteiger partial charge >= 0.3 is 0 Å². The number of hydrogen-bond donors (Lipinski definition) is 3. The summed E-state index contributed by atoms with van der Waals surface area (Å²) in [5.74, 6) is -2.46. The second-order valence-corrected chi connectivity index (χ2v) is 9.69. The normalized spacial score (nSPS) is 13.7. The van der Waals surface area contributed by atoms with Crippen molar-refractivity contribution in [2.45, 2.75) is 72.0 Å². The van der Waals surface area contributed by atoms with Crippen LogP contribution in [0.5, 0.6) is 0 Å². The summed E-state index contributed by atoms with van der Waals surface area (Å²) < 4.78 is 0. The van der Waals surface area contributed by atoms with Crippen molar-refractivity contribution < 1.29 is 19.2 Å². The zero-order chi connectivity index (χ0) is 26.6. The summed E-state index contributed by atoms with van der Waals surface area (Å²) in [6.45, 7) is 14.6. The van der Waals surface area contributed by atoms with Gasteiger partial charge in [-0.05, 0) is 64.2 Å². The Morgan fingerprint density at radius 2 is 1.80 bits per heavy atom. The molecule has 8 nitrogen and oxygen atoms in total. The molecule has 35 heavy (non-hydrogen) atoms. The first-order valence-electron chi connectivity index (χ1n) is 11.7. The molecule has 0 fully saturated rings. The summed E-state index contributed by atoms with van der Waals surface area (Å²) in [6, 6.07) is 1.21. The van der Waals surface area contributed by atoms with Crippen LogP contribution in [0.1, 0.15) is 64.7 Å². The van der Waals surface area contributed by atoms with Gasteiger partial charge in [0, 0.05) is 17.9 Å². The molecule has 0 saturated heterocycles. The van der Waals surface area contributed by atoms with Gasteiger partial charge in [0.1, 0.15) is 12.1 Å². The molecule has 3 N–H and O–H groups in total. The van der Waals surface area contributed by atoms with Gasteiger partial charge in [-0.15, -0.1) is 0 Å². The fourth-order valence-corrected chi connectivity index (χ4v) is 3.19. The predicted octanol–water partition coefficient (Wildman–Crippen LogP) is 3.27. The Hall–Kier alpha value is -3.55. The van der Waals surface area contributed by atoms with Crippen LogP contribution < -0.4 is 16.0 Å². The number of nitrogens with zero attached hydrogens (tertiary/aromatic N) is 1. The van der Waals surface area contributed by atoms with Gasteiger partial charge < -0.3 is 16.0 Å². The highest BCUT2D eigenvalue weighted by Crippen LogP contribution is 2.12. The summed E-state index contributed by atoms with van der Waals surface area (Å²) in [4.78, 5) is 55.6. The van der Waals surface area contributed by atoms with Gasteiger partial charge in [-0.3, -0.25) is 24.2 Å². The van der Waals surface area contributed by atoms with Crippen molar-refractivity contribution in [3.63, 3.8) is 0 Å². The van der Waals surface area contributed by atoms with E-state index in [-0.39, 0.29) is 12.3 Å². The van der Waals surface area contributed by atoms with Crippen molar-refractivity contribution in [3.8, 4) is 0 Å². The predicted molar refractivity (Wildman–Crippen MR) is 137 cm³/mol. The number of nitrogens with one attached hydrogen (secondary N) is 3. The fraction of sp³-hybridized carbons (Fsp3) is 0.444. The van der Waals surface area contributed by atoms with Gasteiger partial charge in [0.05, 0.1) is 5.56 Å². The van der Waals surface area contributed by atoms with Crippen LogP contribution >= 0.6 is 0 Å². The Kier molecular flexibility index (Phi) is 11.8. The van der Waals surface area contributed by atoms with E-state index in [1.54, 1.807) is 70.3 Å². The maximum Gasteiger partial charge on any atom is 0.290 e. The molecule has 8 heteroatoms. The first kappa shape index (κ1) is 29.5. The summed E-state index contributed by atoms with van der Waals surface area (Å²) in [7, 11) is 0. The molecule has 0 spiro atoms. The highest BCUT2D eigenvalue weighted by molar-refractivity contribution is 6.38. The van der Waals surface area contributed by atoms with Crippen LogP contribution in [0.25, 0.3) is 0 Å². The van der Waals surface area contributed by atoms with Gasteiger partial charge in [-0.2, -0.15) is 0 Å².